The summed E-state index contributed by atoms with van der Waals surface area (Å²) in [6.07, 6.45) is 3.59. The lowest BCUT2D eigenvalue weighted by molar-refractivity contribution is 0.317. The SMILES string of the molecule is CCc1ccc(CC(CNC(c2ccc(-c3ccn[nH]3)cc2)C(C)(C)C#N)c2cccc(C#N)c2)cc1. The summed E-state index contributed by atoms with van der Waals surface area (Å²) in [5.74, 6) is 0.141. The first-order chi connectivity index (χ1) is 17.9. The molecule has 2 N–H and O–H groups in total. The third kappa shape index (κ3) is 6.33. The maximum absolute atomic E-state index is 10.0. The molecule has 0 aliphatic heterocycles. The van der Waals surface area contributed by atoms with Crippen LogP contribution >= 0.6 is 0 Å². The molecule has 3 aromatic carbocycles. The van der Waals surface area contributed by atoms with E-state index >= 15 is 0 Å². The van der Waals surface area contributed by atoms with Crippen molar-refractivity contribution in [1.82, 2.24) is 15.5 Å². The largest absolute Gasteiger partial charge is 0.308 e. The Labute approximate surface area is 219 Å². The molecule has 0 aliphatic rings. The summed E-state index contributed by atoms with van der Waals surface area (Å²) in [7, 11) is 0. The van der Waals surface area contributed by atoms with Crippen molar-refractivity contribution in [2.24, 2.45) is 5.41 Å². The number of hydrogen-bond donors (Lipinski definition) is 2. The zero-order valence-electron chi connectivity index (χ0n) is 21.7. The lowest BCUT2D eigenvalue weighted by Gasteiger charge is -2.32. The van der Waals surface area contributed by atoms with Crippen LogP contribution in [0.4, 0.5) is 0 Å². The first kappa shape index (κ1) is 25.9. The van der Waals surface area contributed by atoms with E-state index in [2.05, 4.69) is 89.2 Å². The van der Waals surface area contributed by atoms with Gasteiger partial charge in [0.15, 0.2) is 0 Å². The van der Waals surface area contributed by atoms with Gasteiger partial charge in [-0.1, -0.05) is 67.6 Å². The molecule has 4 aromatic rings. The molecule has 0 amide bonds. The van der Waals surface area contributed by atoms with Crippen LogP contribution in [-0.2, 0) is 12.8 Å². The fourth-order valence-electron chi connectivity index (χ4n) is 4.75. The molecule has 0 saturated heterocycles. The van der Waals surface area contributed by atoms with E-state index in [1.165, 1.54) is 11.1 Å². The predicted octanol–water partition coefficient (Wildman–Crippen LogP) is 6.72. The minimum Gasteiger partial charge on any atom is -0.308 e. The third-order valence-electron chi connectivity index (χ3n) is 7.03. The number of nitriles is 2. The molecular formula is C32H33N5. The Morgan fingerprint density at radius 1 is 0.919 bits per heavy atom. The van der Waals surface area contributed by atoms with Gasteiger partial charge in [0.25, 0.3) is 0 Å². The van der Waals surface area contributed by atoms with Gasteiger partial charge in [-0.15, -0.1) is 0 Å². The van der Waals surface area contributed by atoms with Gasteiger partial charge in [-0.05, 0) is 72.7 Å². The van der Waals surface area contributed by atoms with Crippen molar-refractivity contribution in [3.8, 4) is 23.4 Å². The van der Waals surface area contributed by atoms with E-state index in [-0.39, 0.29) is 12.0 Å². The molecule has 0 bridgehead atoms. The average molecular weight is 488 g/mol. The first-order valence-electron chi connectivity index (χ1n) is 12.8. The quantitative estimate of drug-likeness (QED) is 0.260. The number of benzene rings is 3. The van der Waals surface area contributed by atoms with E-state index < -0.39 is 5.41 Å². The molecule has 186 valence electrons. The Morgan fingerprint density at radius 2 is 1.65 bits per heavy atom. The number of nitrogens with zero attached hydrogens (tertiary/aromatic N) is 3. The number of rotatable bonds is 10. The van der Waals surface area contributed by atoms with E-state index in [9.17, 15) is 10.5 Å². The Kier molecular flexibility index (Phi) is 8.18. The van der Waals surface area contributed by atoms with Crippen LogP contribution in [0.25, 0.3) is 11.3 Å². The topological polar surface area (TPSA) is 88.3 Å². The highest BCUT2D eigenvalue weighted by Gasteiger charge is 2.31. The maximum atomic E-state index is 10.0. The summed E-state index contributed by atoms with van der Waals surface area (Å²) in [5, 5.41) is 30.3. The van der Waals surface area contributed by atoms with E-state index in [1.807, 2.05) is 38.1 Å². The minimum absolute atomic E-state index is 0.141. The molecule has 0 saturated carbocycles. The Morgan fingerprint density at radius 3 is 2.27 bits per heavy atom. The molecule has 0 radical (unpaired) electrons. The van der Waals surface area contributed by atoms with E-state index in [0.29, 0.717) is 12.1 Å². The lowest BCUT2D eigenvalue weighted by Crippen LogP contribution is -2.36. The molecule has 0 aliphatic carbocycles. The van der Waals surface area contributed by atoms with Crippen LogP contribution in [0.1, 0.15) is 60.5 Å². The van der Waals surface area contributed by atoms with Crippen LogP contribution < -0.4 is 5.32 Å². The number of aromatic nitrogens is 2. The number of aryl methyl sites for hydroxylation is 1. The van der Waals surface area contributed by atoms with Crippen molar-refractivity contribution in [3.05, 3.63) is 113 Å². The van der Waals surface area contributed by atoms with Gasteiger partial charge in [-0.2, -0.15) is 15.6 Å². The van der Waals surface area contributed by atoms with Gasteiger partial charge in [-0.3, -0.25) is 5.10 Å². The maximum Gasteiger partial charge on any atom is 0.0991 e. The molecule has 37 heavy (non-hydrogen) atoms. The smallest absolute Gasteiger partial charge is 0.0991 e. The van der Waals surface area contributed by atoms with Crippen molar-refractivity contribution in [2.45, 2.75) is 45.6 Å². The fraction of sp³-hybridized carbons (Fsp3) is 0.281. The van der Waals surface area contributed by atoms with Gasteiger partial charge in [0.1, 0.15) is 0 Å². The number of hydrogen-bond acceptors (Lipinski definition) is 4. The Balaban J connectivity index is 1.61. The molecule has 2 atom stereocenters. The summed E-state index contributed by atoms with van der Waals surface area (Å²) < 4.78 is 0. The van der Waals surface area contributed by atoms with Crippen molar-refractivity contribution >= 4 is 0 Å². The Bertz CT molecular complexity index is 1370. The van der Waals surface area contributed by atoms with Crippen molar-refractivity contribution in [1.29, 1.82) is 10.5 Å². The molecule has 5 nitrogen and oxygen atoms in total. The summed E-state index contributed by atoms with van der Waals surface area (Å²) in [5.41, 5.74) is 6.80. The van der Waals surface area contributed by atoms with Crippen molar-refractivity contribution in [2.75, 3.05) is 6.54 Å². The number of aromatic amines is 1. The van der Waals surface area contributed by atoms with Gasteiger partial charge in [0.05, 0.1) is 34.9 Å². The fourth-order valence-corrected chi connectivity index (χ4v) is 4.75. The first-order valence-corrected chi connectivity index (χ1v) is 12.8. The van der Waals surface area contributed by atoms with Gasteiger partial charge in [-0.25, -0.2) is 0 Å². The second-order valence-electron chi connectivity index (χ2n) is 10.1. The third-order valence-corrected chi connectivity index (χ3v) is 7.03. The highest BCUT2D eigenvalue weighted by molar-refractivity contribution is 5.59. The van der Waals surface area contributed by atoms with Gasteiger partial charge >= 0.3 is 0 Å². The molecule has 0 fully saturated rings. The van der Waals surface area contributed by atoms with E-state index in [4.69, 9.17) is 0 Å². The summed E-state index contributed by atoms with van der Waals surface area (Å²) in [6.45, 7) is 6.78. The molecular weight excluding hydrogens is 454 g/mol. The van der Waals surface area contributed by atoms with E-state index in [0.717, 1.165) is 35.2 Å². The zero-order chi connectivity index (χ0) is 26.3. The van der Waals surface area contributed by atoms with Gasteiger partial charge in [0.2, 0.25) is 0 Å². The monoisotopic (exact) mass is 487 g/mol. The summed E-state index contributed by atoms with van der Waals surface area (Å²) >= 11 is 0. The van der Waals surface area contributed by atoms with Crippen LogP contribution in [0.15, 0.2) is 85.1 Å². The van der Waals surface area contributed by atoms with E-state index in [1.54, 1.807) is 6.20 Å². The lowest BCUT2D eigenvalue weighted by atomic mass is 9.80. The highest BCUT2D eigenvalue weighted by atomic mass is 15.1. The standard InChI is InChI=1S/C32H33N5/c1-4-23-8-10-24(11-9-23)18-29(28-7-5-6-25(19-28)20-33)21-35-31(32(2,3)22-34)27-14-12-26(13-15-27)30-16-17-36-37-30/h5-17,19,29,31,35H,4,18,21H2,1-3H3,(H,36,37). The predicted molar refractivity (Wildman–Crippen MR) is 148 cm³/mol. The van der Waals surface area contributed by atoms with Crippen LogP contribution in [-0.4, -0.2) is 16.7 Å². The van der Waals surface area contributed by atoms with Crippen LogP contribution in [0.2, 0.25) is 0 Å². The van der Waals surface area contributed by atoms with Crippen molar-refractivity contribution < 1.29 is 0 Å². The highest BCUT2D eigenvalue weighted by Crippen LogP contribution is 2.34. The van der Waals surface area contributed by atoms with Crippen LogP contribution in [0, 0.1) is 28.1 Å². The second-order valence-corrected chi connectivity index (χ2v) is 10.1. The van der Waals surface area contributed by atoms with Crippen LogP contribution in [0.5, 0.6) is 0 Å². The van der Waals surface area contributed by atoms with Crippen molar-refractivity contribution in [3.63, 3.8) is 0 Å². The second kappa shape index (κ2) is 11.7. The summed E-state index contributed by atoms with van der Waals surface area (Å²) in [6, 6.07) is 31.5. The van der Waals surface area contributed by atoms with Crippen LogP contribution in [0.3, 0.4) is 0 Å². The average Bonchev–Trinajstić information content (AvgIpc) is 3.48. The molecule has 2 unspecified atom stereocenters. The summed E-state index contributed by atoms with van der Waals surface area (Å²) in [4.78, 5) is 0. The van der Waals surface area contributed by atoms with Gasteiger partial charge < -0.3 is 5.32 Å². The molecule has 1 heterocycles. The molecule has 1 aromatic heterocycles. The van der Waals surface area contributed by atoms with Gasteiger partial charge in [0, 0.05) is 18.7 Å². The normalized spacial score (nSPS) is 12.9. The zero-order valence-corrected chi connectivity index (χ0v) is 21.7. The Hall–Kier alpha value is -4.19. The molecule has 4 rings (SSSR count). The molecule has 0 spiro atoms. The number of H-pyrrole nitrogens is 1. The number of nitrogens with one attached hydrogen (secondary N) is 2. The molecule has 5 heteroatoms. The minimum atomic E-state index is -0.628.